The van der Waals surface area contributed by atoms with Crippen molar-refractivity contribution >= 4 is 11.9 Å². The molecule has 0 amide bonds. The van der Waals surface area contributed by atoms with Crippen molar-refractivity contribution in [2.45, 2.75) is 148 Å². The molecule has 0 saturated heterocycles. The number of unbranched alkanes of at least 4 members (excludes halogenated alkanes) is 12. The van der Waals surface area contributed by atoms with Crippen LogP contribution >= 0.6 is 0 Å². The molecule has 200 valence electrons. The van der Waals surface area contributed by atoms with Crippen LogP contribution in [0.2, 0.25) is 0 Å². The fourth-order valence-corrected chi connectivity index (χ4v) is 4.72. The number of nitrogens with zero attached hydrogens (tertiary/aromatic N) is 1. The quantitative estimate of drug-likeness (QED) is 0.0879. The van der Waals surface area contributed by atoms with Crippen molar-refractivity contribution in [3.8, 4) is 0 Å². The molecule has 0 rings (SSSR count). The van der Waals surface area contributed by atoms with Crippen LogP contribution in [0.25, 0.3) is 0 Å². The van der Waals surface area contributed by atoms with Crippen LogP contribution in [-0.2, 0) is 9.59 Å². The van der Waals surface area contributed by atoms with E-state index in [0.29, 0.717) is 17.3 Å². The first-order valence-corrected chi connectivity index (χ1v) is 14.0. The molecule has 5 nitrogen and oxygen atoms in total. The largest absolute Gasteiger partial charge is 0.481 e. The second kappa shape index (κ2) is 18.9. The predicted molar refractivity (Wildman–Crippen MR) is 143 cm³/mol. The summed E-state index contributed by atoms with van der Waals surface area (Å²) in [5.41, 5.74) is -0.975. The highest BCUT2D eigenvalue weighted by molar-refractivity contribution is 5.77. The van der Waals surface area contributed by atoms with E-state index in [0.717, 1.165) is 12.8 Å². The zero-order valence-corrected chi connectivity index (χ0v) is 23.1. The minimum atomic E-state index is -0.975. The molecule has 0 aromatic heterocycles. The molecule has 0 aromatic rings. The first-order chi connectivity index (χ1) is 16.1. The second-order valence-corrected chi connectivity index (χ2v) is 10.9. The number of allylic oxidation sites excluding steroid dienone is 2. The van der Waals surface area contributed by atoms with Crippen molar-refractivity contribution in [3.05, 3.63) is 12.2 Å². The summed E-state index contributed by atoms with van der Waals surface area (Å²) in [4.78, 5) is 23.0. The van der Waals surface area contributed by atoms with Gasteiger partial charge < -0.3 is 14.7 Å². The first kappa shape index (κ1) is 32.6. The Balaban J connectivity index is 3.99. The summed E-state index contributed by atoms with van der Waals surface area (Å²) in [5.74, 6) is -1.70. The van der Waals surface area contributed by atoms with E-state index in [4.69, 9.17) is 5.11 Å². The number of carboxylic acid groups (broad SMARTS) is 2. The molecule has 0 heterocycles. The highest BCUT2D eigenvalue weighted by Crippen LogP contribution is 2.32. The lowest BCUT2D eigenvalue weighted by Crippen LogP contribution is -2.66. The summed E-state index contributed by atoms with van der Waals surface area (Å²) in [5, 5.41) is 18.8. The van der Waals surface area contributed by atoms with Gasteiger partial charge in [0, 0.05) is 19.8 Å². The summed E-state index contributed by atoms with van der Waals surface area (Å²) >= 11 is 0. The van der Waals surface area contributed by atoms with Crippen LogP contribution < -0.4 is 0 Å². The summed E-state index contributed by atoms with van der Waals surface area (Å²) in [6, 6.07) is 0.211. The minimum Gasteiger partial charge on any atom is -0.481 e. The molecule has 5 heteroatoms. The molecule has 2 atom stereocenters. The Morgan fingerprint density at radius 3 is 1.74 bits per heavy atom. The lowest BCUT2D eigenvalue weighted by atomic mass is 9.88. The van der Waals surface area contributed by atoms with Gasteiger partial charge in [0.25, 0.3) is 0 Å². The van der Waals surface area contributed by atoms with Gasteiger partial charge in [-0.05, 0) is 51.9 Å². The number of likely N-dealkylation sites (N-methyl/N-ethyl adjacent to an activating group) is 1. The van der Waals surface area contributed by atoms with Crippen LogP contribution in [0.15, 0.2) is 12.2 Å². The summed E-state index contributed by atoms with van der Waals surface area (Å²) < 4.78 is 0.382. The van der Waals surface area contributed by atoms with Gasteiger partial charge in [-0.15, -0.1) is 0 Å². The van der Waals surface area contributed by atoms with Gasteiger partial charge in [0.2, 0.25) is 0 Å². The molecule has 2 N–H and O–H groups in total. The Kier molecular flexibility index (Phi) is 18.1. The third-order valence-electron chi connectivity index (χ3n) is 8.02. The fraction of sp³-hybridized carbons (Fsp3) is 0.862. The van der Waals surface area contributed by atoms with Gasteiger partial charge in [-0.3, -0.25) is 4.79 Å². The number of carbonyl (C=O) groups is 2. The van der Waals surface area contributed by atoms with Crippen molar-refractivity contribution in [1.82, 2.24) is 0 Å². The SMILES string of the molecule is CCCCCCCC/C=C\CCCCCCCCC(C)[N+](C)(C)C(C)(CCCC(=O)O)C(=O)O. The molecule has 0 aliphatic heterocycles. The summed E-state index contributed by atoms with van der Waals surface area (Å²) in [7, 11) is 3.97. The Bertz CT molecular complexity index is 572. The summed E-state index contributed by atoms with van der Waals surface area (Å²) in [6.07, 6.45) is 24.6. The Morgan fingerprint density at radius 2 is 1.26 bits per heavy atom. The lowest BCUT2D eigenvalue weighted by molar-refractivity contribution is -0.952. The molecule has 0 aliphatic carbocycles. The van der Waals surface area contributed by atoms with Crippen LogP contribution in [0, 0.1) is 0 Å². The smallest absolute Gasteiger partial charge is 0.365 e. The lowest BCUT2D eigenvalue weighted by Gasteiger charge is -2.48. The molecule has 0 aliphatic rings. The second-order valence-electron chi connectivity index (χ2n) is 10.9. The van der Waals surface area contributed by atoms with Crippen LogP contribution in [0.4, 0.5) is 0 Å². The van der Waals surface area contributed by atoms with Crippen molar-refractivity contribution in [2.24, 2.45) is 0 Å². The Hall–Kier alpha value is -1.36. The maximum atomic E-state index is 12.1. The Morgan fingerprint density at radius 1 is 0.794 bits per heavy atom. The number of quaternary nitrogens is 1. The molecule has 0 radical (unpaired) electrons. The number of rotatable bonds is 23. The van der Waals surface area contributed by atoms with Crippen molar-refractivity contribution in [1.29, 1.82) is 0 Å². The van der Waals surface area contributed by atoms with Gasteiger partial charge in [-0.2, -0.15) is 0 Å². The van der Waals surface area contributed by atoms with E-state index in [1.54, 1.807) is 6.92 Å². The Labute approximate surface area is 210 Å². The predicted octanol–water partition coefficient (Wildman–Crippen LogP) is 7.98. The molecule has 2 unspecified atom stereocenters. The number of carboxylic acids is 2. The third-order valence-corrected chi connectivity index (χ3v) is 8.02. The maximum Gasteiger partial charge on any atom is 0.365 e. The van der Waals surface area contributed by atoms with Crippen molar-refractivity contribution < 1.29 is 24.3 Å². The van der Waals surface area contributed by atoms with Crippen LogP contribution in [0.5, 0.6) is 0 Å². The van der Waals surface area contributed by atoms with Crippen LogP contribution in [0.3, 0.4) is 0 Å². The molecular formula is C29H56NO4+. The van der Waals surface area contributed by atoms with E-state index in [-0.39, 0.29) is 12.5 Å². The van der Waals surface area contributed by atoms with E-state index < -0.39 is 17.5 Å². The number of hydrogen-bond donors (Lipinski definition) is 2. The molecule has 0 spiro atoms. The molecule has 0 saturated carbocycles. The fourth-order valence-electron chi connectivity index (χ4n) is 4.72. The van der Waals surface area contributed by atoms with E-state index in [1.165, 1.54) is 83.5 Å². The number of hydrogen-bond acceptors (Lipinski definition) is 2. The van der Waals surface area contributed by atoms with Crippen molar-refractivity contribution in [2.75, 3.05) is 14.1 Å². The van der Waals surface area contributed by atoms with Gasteiger partial charge >= 0.3 is 11.9 Å². The average Bonchev–Trinajstić information content (AvgIpc) is 2.77. The average molecular weight is 483 g/mol. The molecule has 0 fully saturated rings. The van der Waals surface area contributed by atoms with Crippen molar-refractivity contribution in [3.63, 3.8) is 0 Å². The highest BCUT2D eigenvalue weighted by Gasteiger charge is 2.50. The molecule has 34 heavy (non-hydrogen) atoms. The molecule has 0 aromatic carbocycles. The standard InChI is InChI=1S/C29H55NO4/c1-6-7-8-9-10-11-12-13-14-15-16-17-18-19-20-21-23-26(2)30(4,5)29(3,28(33)34)25-22-24-27(31)32/h13-14,26H,6-12,15-25H2,1-5H3,(H-,31,32,33,34)/p+1/b14-13-. The van der Waals surface area contributed by atoms with Gasteiger partial charge in [-0.25, -0.2) is 4.79 Å². The maximum absolute atomic E-state index is 12.1. The van der Waals surface area contributed by atoms with E-state index in [9.17, 15) is 14.7 Å². The molecular weight excluding hydrogens is 426 g/mol. The number of aliphatic carboxylic acids is 2. The minimum absolute atomic E-state index is 0.0200. The van der Waals surface area contributed by atoms with Crippen LogP contribution in [0.1, 0.15) is 136 Å². The van der Waals surface area contributed by atoms with E-state index in [1.807, 2.05) is 14.1 Å². The topological polar surface area (TPSA) is 74.6 Å². The van der Waals surface area contributed by atoms with E-state index in [2.05, 4.69) is 26.0 Å². The summed E-state index contributed by atoms with van der Waals surface area (Å²) in [6.45, 7) is 6.17. The van der Waals surface area contributed by atoms with Gasteiger partial charge in [0.15, 0.2) is 5.54 Å². The highest BCUT2D eigenvalue weighted by atomic mass is 16.4. The zero-order valence-electron chi connectivity index (χ0n) is 23.1. The van der Waals surface area contributed by atoms with E-state index >= 15 is 0 Å². The monoisotopic (exact) mass is 482 g/mol. The zero-order chi connectivity index (χ0) is 25.9. The molecule has 0 bridgehead atoms. The van der Waals surface area contributed by atoms with Gasteiger partial charge in [0.05, 0.1) is 20.1 Å². The first-order valence-electron chi connectivity index (χ1n) is 14.0. The van der Waals surface area contributed by atoms with Gasteiger partial charge in [0.1, 0.15) is 0 Å². The normalized spacial score (nSPS) is 14.9. The van der Waals surface area contributed by atoms with Crippen LogP contribution in [-0.4, -0.2) is 52.3 Å². The van der Waals surface area contributed by atoms with Gasteiger partial charge in [-0.1, -0.05) is 76.9 Å². The third kappa shape index (κ3) is 13.5.